The van der Waals surface area contributed by atoms with Crippen LogP contribution in [0.5, 0.6) is 0 Å². The molecule has 0 spiro atoms. The summed E-state index contributed by atoms with van der Waals surface area (Å²) in [7, 11) is 0. The zero-order chi connectivity index (χ0) is 14.1. The Kier molecular flexibility index (Phi) is 7.46. The molecule has 19 heavy (non-hydrogen) atoms. The van der Waals surface area contributed by atoms with E-state index in [1.807, 2.05) is 0 Å². The Morgan fingerprint density at radius 3 is 2.53 bits per heavy atom. The van der Waals surface area contributed by atoms with Gasteiger partial charge in [0.1, 0.15) is 5.78 Å². The van der Waals surface area contributed by atoms with Gasteiger partial charge in [-0.05, 0) is 25.2 Å². The molecule has 0 atom stereocenters. The molecule has 1 aliphatic rings. The molecule has 2 N–H and O–H groups in total. The van der Waals surface area contributed by atoms with E-state index in [1.165, 1.54) is 6.42 Å². The van der Waals surface area contributed by atoms with Crippen molar-refractivity contribution in [2.24, 2.45) is 5.41 Å². The molecule has 0 saturated heterocycles. The van der Waals surface area contributed by atoms with Crippen LogP contribution in [-0.4, -0.2) is 41.5 Å². The molecule has 0 amide bonds. The summed E-state index contributed by atoms with van der Waals surface area (Å²) in [6.45, 7) is 3.24. The van der Waals surface area contributed by atoms with Gasteiger partial charge < -0.3 is 10.4 Å². The monoisotopic (exact) mass is 287 g/mol. The van der Waals surface area contributed by atoms with E-state index in [1.54, 1.807) is 18.7 Å². The van der Waals surface area contributed by atoms with Crippen LogP contribution in [0.3, 0.4) is 0 Å². The molecule has 0 aliphatic heterocycles. The molecule has 110 valence electrons. The largest absolute Gasteiger partial charge is 0.481 e. The van der Waals surface area contributed by atoms with E-state index in [0.29, 0.717) is 5.75 Å². The van der Waals surface area contributed by atoms with Crippen LogP contribution in [0.15, 0.2) is 0 Å². The topological polar surface area (TPSA) is 66.4 Å². The minimum Gasteiger partial charge on any atom is -0.481 e. The Morgan fingerprint density at radius 1 is 1.26 bits per heavy atom. The number of carbonyl (C=O) groups excluding carboxylic acids is 1. The predicted molar refractivity (Wildman–Crippen MR) is 78.6 cm³/mol. The SMILES string of the molecule is CC(=O)CSCCNCC1(CC(=O)O)CCCCC1. The van der Waals surface area contributed by atoms with Gasteiger partial charge in [0.25, 0.3) is 0 Å². The van der Waals surface area contributed by atoms with Gasteiger partial charge in [0.2, 0.25) is 0 Å². The minimum atomic E-state index is -0.686. The summed E-state index contributed by atoms with van der Waals surface area (Å²) in [5.41, 5.74) is -0.0463. The van der Waals surface area contributed by atoms with Gasteiger partial charge in [0.15, 0.2) is 0 Å². The third-order valence-electron chi connectivity index (χ3n) is 3.67. The second kappa shape index (κ2) is 8.59. The van der Waals surface area contributed by atoms with Gasteiger partial charge in [-0.2, -0.15) is 11.8 Å². The molecular weight excluding hydrogens is 262 g/mol. The zero-order valence-electron chi connectivity index (χ0n) is 11.7. The number of carboxylic acids is 1. The summed E-state index contributed by atoms with van der Waals surface area (Å²) in [6, 6.07) is 0. The Bertz CT molecular complexity index is 301. The van der Waals surface area contributed by atoms with Gasteiger partial charge in [-0.15, -0.1) is 0 Å². The van der Waals surface area contributed by atoms with Crippen molar-refractivity contribution in [3.05, 3.63) is 0 Å². The van der Waals surface area contributed by atoms with Crippen LogP contribution in [-0.2, 0) is 9.59 Å². The molecule has 0 aromatic carbocycles. The molecule has 4 nitrogen and oxygen atoms in total. The van der Waals surface area contributed by atoms with Gasteiger partial charge in [0, 0.05) is 18.8 Å². The fraction of sp³-hybridized carbons (Fsp3) is 0.857. The molecule has 1 aliphatic carbocycles. The maximum atomic E-state index is 11.0. The van der Waals surface area contributed by atoms with Gasteiger partial charge >= 0.3 is 5.97 Å². The number of rotatable bonds is 9. The quantitative estimate of drug-likeness (QED) is 0.637. The number of nitrogens with one attached hydrogen (secondary N) is 1. The zero-order valence-corrected chi connectivity index (χ0v) is 12.6. The molecule has 0 bridgehead atoms. The number of hydrogen-bond donors (Lipinski definition) is 2. The number of thioether (sulfide) groups is 1. The van der Waals surface area contributed by atoms with Gasteiger partial charge in [-0.25, -0.2) is 0 Å². The third kappa shape index (κ3) is 6.97. The van der Waals surface area contributed by atoms with Crippen molar-refractivity contribution in [3.63, 3.8) is 0 Å². The normalized spacial score (nSPS) is 18.2. The molecule has 1 saturated carbocycles. The summed E-state index contributed by atoms with van der Waals surface area (Å²) in [4.78, 5) is 21.8. The van der Waals surface area contributed by atoms with Crippen LogP contribution >= 0.6 is 11.8 Å². The Labute approximate surface area is 119 Å². The lowest BCUT2D eigenvalue weighted by molar-refractivity contribution is -0.140. The van der Waals surface area contributed by atoms with Crippen molar-refractivity contribution in [1.29, 1.82) is 0 Å². The molecule has 0 radical (unpaired) electrons. The first-order valence-electron chi connectivity index (χ1n) is 7.04. The summed E-state index contributed by atoms with van der Waals surface area (Å²) in [5, 5.41) is 12.4. The van der Waals surface area contributed by atoms with E-state index in [4.69, 9.17) is 5.11 Å². The van der Waals surface area contributed by atoms with Crippen molar-refractivity contribution in [2.45, 2.75) is 45.4 Å². The maximum absolute atomic E-state index is 11.0. The van der Waals surface area contributed by atoms with E-state index < -0.39 is 5.97 Å². The van der Waals surface area contributed by atoms with Crippen LogP contribution in [0.4, 0.5) is 0 Å². The smallest absolute Gasteiger partial charge is 0.303 e. The summed E-state index contributed by atoms with van der Waals surface area (Å²) in [6.07, 6.45) is 5.85. The van der Waals surface area contributed by atoms with Gasteiger partial charge in [-0.1, -0.05) is 19.3 Å². The summed E-state index contributed by atoms with van der Waals surface area (Å²) >= 11 is 1.63. The highest BCUT2D eigenvalue weighted by atomic mass is 32.2. The van der Waals surface area contributed by atoms with E-state index in [2.05, 4.69) is 5.32 Å². The molecule has 5 heteroatoms. The summed E-state index contributed by atoms with van der Waals surface area (Å²) in [5.74, 6) is 0.999. The lowest BCUT2D eigenvalue weighted by Gasteiger charge is -2.36. The predicted octanol–water partition coefficient (Wildman–Crippen LogP) is 2.32. The number of hydrogen-bond acceptors (Lipinski definition) is 4. The molecule has 1 fully saturated rings. The summed E-state index contributed by atoms with van der Waals surface area (Å²) < 4.78 is 0. The fourth-order valence-electron chi connectivity index (χ4n) is 2.75. The molecule has 1 rings (SSSR count). The Morgan fingerprint density at radius 2 is 1.95 bits per heavy atom. The van der Waals surface area contributed by atoms with Crippen molar-refractivity contribution < 1.29 is 14.7 Å². The standard InChI is InChI=1S/C14H25NO3S/c1-12(16)10-19-8-7-15-11-14(9-13(17)18)5-3-2-4-6-14/h15H,2-11H2,1H3,(H,17,18). The molecule has 0 unspecified atom stereocenters. The molecule has 0 aromatic rings. The second-order valence-corrected chi connectivity index (χ2v) is 6.67. The van der Waals surface area contributed by atoms with Crippen LogP contribution in [0.1, 0.15) is 45.4 Å². The van der Waals surface area contributed by atoms with Gasteiger partial charge in [0.05, 0.1) is 12.2 Å². The Balaban J connectivity index is 2.25. The lowest BCUT2D eigenvalue weighted by atomic mass is 9.72. The maximum Gasteiger partial charge on any atom is 0.303 e. The van der Waals surface area contributed by atoms with Crippen LogP contribution in [0, 0.1) is 5.41 Å². The number of carboxylic acid groups (broad SMARTS) is 1. The number of aliphatic carboxylic acids is 1. The number of ketones is 1. The van der Waals surface area contributed by atoms with Gasteiger partial charge in [-0.3, -0.25) is 9.59 Å². The molecule has 0 heterocycles. The highest BCUT2D eigenvalue weighted by Crippen LogP contribution is 2.38. The van der Waals surface area contributed by atoms with Crippen molar-refractivity contribution >= 4 is 23.5 Å². The van der Waals surface area contributed by atoms with E-state index in [9.17, 15) is 9.59 Å². The van der Waals surface area contributed by atoms with Crippen molar-refractivity contribution in [2.75, 3.05) is 24.6 Å². The van der Waals surface area contributed by atoms with E-state index in [0.717, 1.165) is 44.5 Å². The lowest BCUT2D eigenvalue weighted by Crippen LogP contribution is -2.38. The van der Waals surface area contributed by atoms with Crippen LogP contribution < -0.4 is 5.32 Å². The first kappa shape index (κ1) is 16.5. The third-order valence-corrected chi connectivity index (χ3v) is 4.77. The van der Waals surface area contributed by atoms with E-state index in [-0.39, 0.29) is 17.6 Å². The minimum absolute atomic E-state index is 0.0463. The number of Topliss-reactive ketones (excluding diaryl/α,β-unsaturated/α-hetero) is 1. The average molecular weight is 287 g/mol. The number of carbonyl (C=O) groups is 2. The highest BCUT2D eigenvalue weighted by molar-refractivity contribution is 7.99. The first-order chi connectivity index (χ1) is 9.04. The van der Waals surface area contributed by atoms with Crippen molar-refractivity contribution in [1.82, 2.24) is 5.32 Å². The highest BCUT2D eigenvalue weighted by Gasteiger charge is 2.33. The van der Waals surface area contributed by atoms with Crippen LogP contribution in [0.25, 0.3) is 0 Å². The van der Waals surface area contributed by atoms with E-state index >= 15 is 0 Å². The fourth-order valence-corrected chi connectivity index (χ4v) is 3.47. The molecule has 0 aromatic heterocycles. The van der Waals surface area contributed by atoms with Crippen molar-refractivity contribution in [3.8, 4) is 0 Å². The second-order valence-electron chi connectivity index (χ2n) is 5.56. The van der Waals surface area contributed by atoms with Crippen LogP contribution in [0.2, 0.25) is 0 Å². The average Bonchev–Trinajstić information content (AvgIpc) is 2.33. The molecular formula is C14H25NO3S. The Hall–Kier alpha value is -0.550. The first-order valence-corrected chi connectivity index (χ1v) is 8.19.